The molecule has 0 saturated carbocycles. The monoisotopic (exact) mass is 232 g/mol. The molecule has 0 saturated heterocycles. The fraction of sp³-hybridized carbons (Fsp3) is 0.700. The van der Waals surface area contributed by atoms with Gasteiger partial charge in [-0.3, -0.25) is 4.79 Å². The van der Waals surface area contributed by atoms with Gasteiger partial charge in [-0.1, -0.05) is 20.4 Å². The van der Waals surface area contributed by atoms with Crippen LogP contribution in [-0.4, -0.2) is 35.4 Å². The molecule has 0 aromatic heterocycles. The molecule has 4 nitrogen and oxygen atoms in total. The second kappa shape index (κ2) is 6.17. The molecule has 0 aromatic carbocycles. The van der Waals surface area contributed by atoms with Crippen LogP contribution in [0.5, 0.6) is 0 Å². The maximum atomic E-state index is 11.3. The van der Waals surface area contributed by atoms with Gasteiger partial charge >= 0.3 is 8.80 Å². The summed E-state index contributed by atoms with van der Waals surface area (Å²) in [5, 5.41) is 0. The van der Waals surface area contributed by atoms with E-state index in [1.807, 2.05) is 13.8 Å². The molecule has 0 aromatic rings. The predicted molar refractivity (Wildman–Crippen MR) is 60.6 cm³/mol. The third-order valence-electron chi connectivity index (χ3n) is 2.16. The smallest absolute Gasteiger partial charge is 0.377 e. The Morgan fingerprint density at radius 1 is 1.33 bits per heavy atom. The maximum absolute atomic E-state index is 11.3. The molecule has 0 atom stereocenters. The van der Waals surface area contributed by atoms with E-state index in [2.05, 4.69) is 6.58 Å². The van der Waals surface area contributed by atoms with Gasteiger partial charge in [0.2, 0.25) is 0 Å². The molecule has 0 heterocycles. The highest BCUT2D eigenvalue weighted by Crippen LogP contribution is 2.23. The Morgan fingerprint density at radius 3 is 2.07 bits per heavy atom. The van der Waals surface area contributed by atoms with Gasteiger partial charge in [0, 0.05) is 19.8 Å². The minimum absolute atomic E-state index is 0.0264. The summed E-state index contributed by atoms with van der Waals surface area (Å²) in [6, 6.07) is 0. The lowest BCUT2D eigenvalue weighted by molar-refractivity contribution is -0.118. The Hall–Kier alpha value is -0.493. The largest absolute Gasteiger partial charge is 0.503 e. The Balaban J connectivity index is 4.43. The molecule has 15 heavy (non-hydrogen) atoms. The molecule has 0 unspecified atom stereocenters. The van der Waals surface area contributed by atoms with Crippen molar-refractivity contribution >= 4 is 14.6 Å². The van der Waals surface area contributed by atoms with Crippen LogP contribution in [0, 0.1) is 0 Å². The van der Waals surface area contributed by atoms with E-state index in [1.54, 1.807) is 21.1 Å². The number of Topliss-reactive ketones (excluding diaryl/α,β-unsaturated/α-hetero) is 1. The summed E-state index contributed by atoms with van der Waals surface area (Å²) in [6.45, 7) is 9.08. The maximum Gasteiger partial charge on any atom is 0.503 e. The first-order chi connectivity index (χ1) is 6.89. The second-order valence-electron chi connectivity index (χ2n) is 3.66. The van der Waals surface area contributed by atoms with Gasteiger partial charge in [-0.2, -0.15) is 0 Å². The quantitative estimate of drug-likeness (QED) is 0.496. The molecule has 0 radical (unpaired) electrons. The molecule has 0 N–H and O–H groups in total. The lowest BCUT2D eigenvalue weighted by Crippen LogP contribution is -2.47. The van der Waals surface area contributed by atoms with Crippen molar-refractivity contribution in [2.24, 2.45) is 0 Å². The summed E-state index contributed by atoms with van der Waals surface area (Å²) in [7, 11) is 0.394. The molecular formula is C10H20O4Si. The number of hydrogen-bond donors (Lipinski definition) is 0. The molecule has 0 bridgehead atoms. The van der Waals surface area contributed by atoms with Crippen LogP contribution in [0.15, 0.2) is 12.2 Å². The normalized spacial score (nSPS) is 11.9. The fourth-order valence-electron chi connectivity index (χ4n) is 1.13. The summed E-state index contributed by atoms with van der Waals surface area (Å²) in [5.74, 6) is -0.123. The first-order valence-electron chi connectivity index (χ1n) is 4.82. The summed E-state index contributed by atoms with van der Waals surface area (Å²) < 4.78 is 16.1. The summed E-state index contributed by atoms with van der Waals surface area (Å²) in [6.07, 6.45) is 0. The zero-order valence-corrected chi connectivity index (χ0v) is 11.1. The highest BCUT2D eigenvalue weighted by molar-refractivity contribution is 6.62. The molecule has 0 spiro atoms. The van der Waals surface area contributed by atoms with Crippen molar-refractivity contribution in [1.82, 2.24) is 0 Å². The van der Waals surface area contributed by atoms with Gasteiger partial charge in [-0.15, -0.1) is 0 Å². The van der Waals surface area contributed by atoms with E-state index in [4.69, 9.17) is 13.3 Å². The number of ketones is 1. The highest BCUT2D eigenvalue weighted by Gasteiger charge is 2.43. The van der Waals surface area contributed by atoms with E-state index in [-0.39, 0.29) is 17.9 Å². The lowest BCUT2D eigenvalue weighted by atomic mass is 10.2. The Kier molecular flexibility index (Phi) is 5.97. The molecule has 0 fully saturated rings. The molecule has 0 aliphatic heterocycles. The lowest BCUT2D eigenvalue weighted by Gasteiger charge is -2.29. The molecule has 0 aliphatic carbocycles. The Bertz CT molecular complexity index is 234. The molecule has 0 aliphatic rings. The van der Waals surface area contributed by atoms with E-state index < -0.39 is 8.80 Å². The first-order valence-corrected chi connectivity index (χ1v) is 6.62. The summed E-state index contributed by atoms with van der Waals surface area (Å²) in [4.78, 5) is 11.3. The van der Waals surface area contributed by atoms with Crippen LogP contribution >= 0.6 is 0 Å². The summed E-state index contributed by atoms with van der Waals surface area (Å²) >= 11 is 0. The van der Waals surface area contributed by atoms with E-state index in [1.165, 1.54) is 0 Å². The van der Waals surface area contributed by atoms with Gasteiger partial charge in [0.05, 0.1) is 0 Å². The second-order valence-corrected chi connectivity index (χ2v) is 7.13. The van der Waals surface area contributed by atoms with Crippen molar-refractivity contribution in [1.29, 1.82) is 0 Å². The summed E-state index contributed by atoms with van der Waals surface area (Å²) in [5.41, 5.74) is 0.597. The molecule has 5 heteroatoms. The predicted octanol–water partition coefficient (Wildman–Crippen LogP) is 1.79. The third kappa shape index (κ3) is 3.87. The average molecular weight is 232 g/mol. The van der Waals surface area contributed by atoms with Crippen molar-refractivity contribution in [3.05, 3.63) is 12.2 Å². The van der Waals surface area contributed by atoms with Gasteiger partial charge in [-0.05, 0) is 12.5 Å². The highest BCUT2D eigenvalue weighted by atomic mass is 28.4. The van der Waals surface area contributed by atoms with E-state index in [0.717, 1.165) is 0 Å². The number of carbonyl (C=O) groups excluding carboxylic acids is 1. The minimum atomic E-state index is -2.69. The molecule has 88 valence electrons. The van der Waals surface area contributed by atoms with Gasteiger partial charge in [0.15, 0.2) is 5.78 Å². The van der Waals surface area contributed by atoms with Gasteiger partial charge < -0.3 is 13.3 Å². The van der Waals surface area contributed by atoms with Crippen LogP contribution in [0.3, 0.4) is 0 Å². The standard InChI is InChI=1S/C10H20O4Si/c1-8(2)10(11)7-14-15(12-5,13-6)9(3)4/h9H,1,7H2,2-6H3. The van der Waals surface area contributed by atoms with E-state index in [9.17, 15) is 4.79 Å². The van der Waals surface area contributed by atoms with Crippen molar-refractivity contribution < 1.29 is 18.1 Å². The van der Waals surface area contributed by atoms with Crippen LogP contribution in [0.2, 0.25) is 5.54 Å². The Morgan fingerprint density at radius 2 is 1.80 bits per heavy atom. The van der Waals surface area contributed by atoms with Crippen LogP contribution in [0.4, 0.5) is 0 Å². The zero-order valence-electron chi connectivity index (χ0n) is 10.1. The van der Waals surface area contributed by atoms with Crippen molar-refractivity contribution in [2.75, 3.05) is 20.8 Å². The van der Waals surface area contributed by atoms with Gasteiger partial charge in [0.25, 0.3) is 0 Å². The average Bonchev–Trinajstić information content (AvgIpc) is 2.19. The molecular weight excluding hydrogens is 212 g/mol. The number of carbonyl (C=O) groups is 1. The van der Waals surface area contributed by atoms with Crippen LogP contribution in [-0.2, 0) is 18.1 Å². The Labute approximate surface area is 92.6 Å². The van der Waals surface area contributed by atoms with Gasteiger partial charge in [-0.25, -0.2) is 0 Å². The van der Waals surface area contributed by atoms with Crippen LogP contribution in [0.25, 0.3) is 0 Å². The molecule has 0 rings (SSSR count). The van der Waals surface area contributed by atoms with Crippen molar-refractivity contribution in [3.63, 3.8) is 0 Å². The van der Waals surface area contributed by atoms with Gasteiger partial charge in [0.1, 0.15) is 6.61 Å². The zero-order chi connectivity index (χ0) is 12.1. The molecule has 0 amide bonds. The number of hydrogen-bond acceptors (Lipinski definition) is 4. The van der Waals surface area contributed by atoms with E-state index in [0.29, 0.717) is 5.57 Å². The van der Waals surface area contributed by atoms with Crippen molar-refractivity contribution in [3.8, 4) is 0 Å². The number of rotatable bonds is 7. The topological polar surface area (TPSA) is 44.8 Å². The minimum Gasteiger partial charge on any atom is -0.377 e. The first kappa shape index (κ1) is 14.5. The van der Waals surface area contributed by atoms with E-state index >= 15 is 0 Å². The third-order valence-corrected chi connectivity index (χ3v) is 5.26. The SMILES string of the molecule is C=C(C)C(=O)CO[Si](OC)(OC)C(C)C. The van der Waals surface area contributed by atoms with Crippen molar-refractivity contribution in [2.45, 2.75) is 26.3 Å². The van der Waals surface area contributed by atoms with Crippen LogP contribution in [0.1, 0.15) is 20.8 Å². The fourth-order valence-corrected chi connectivity index (χ4v) is 3.14. The van der Waals surface area contributed by atoms with Crippen LogP contribution < -0.4 is 0 Å².